The number of nitrogens with two attached hydrogens (primary N) is 1. The van der Waals surface area contributed by atoms with Crippen molar-refractivity contribution < 1.29 is 4.74 Å². The lowest BCUT2D eigenvalue weighted by Crippen LogP contribution is -2.35. The Bertz CT molecular complexity index is 440. The Morgan fingerprint density at radius 2 is 1.84 bits per heavy atom. The van der Waals surface area contributed by atoms with Crippen LogP contribution in [0.5, 0.6) is 5.75 Å². The second-order valence-electron chi connectivity index (χ2n) is 5.93. The molecule has 104 valence electrons. The van der Waals surface area contributed by atoms with Crippen molar-refractivity contribution in [2.75, 3.05) is 0 Å². The smallest absolute Gasteiger partial charge is 0.125 e. The molecule has 0 spiro atoms. The normalized spacial score (nSPS) is 28.3. The van der Waals surface area contributed by atoms with Crippen molar-refractivity contribution in [3.63, 3.8) is 0 Å². The zero-order valence-corrected chi connectivity index (χ0v) is 12.9. The monoisotopic (exact) mass is 323 g/mol. The average Bonchev–Trinajstić information content (AvgIpc) is 2.66. The molecule has 1 saturated carbocycles. The SMILES string of the molecule is N[C@@H]1CC(C2CCCCCC2)Oc2cc(Br)ccc21. The maximum absolute atomic E-state index is 6.34. The summed E-state index contributed by atoms with van der Waals surface area (Å²) in [7, 11) is 0. The third-order valence-corrected chi connectivity index (χ3v) is 5.06. The van der Waals surface area contributed by atoms with E-state index in [0.29, 0.717) is 12.0 Å². The standard InChI is InChI=1S/C16H22BrNO/c17-12-7-8-13-14(18)10-15(19-16(13)9-12)11-5-3-1-2-4-6-11/h7-9,11,14-15H,1-6,10,18H2/t14-,15?/m1/s1. The molecule has 1 aliphatic carbocycles. The second-order valence-corrected chi connectivity index (χ2v) is 6.85. The van der Waals surface area contributed by atoms with Gasteiger partial charge in [0.25, 0.3) is 0 Å². The first kappa shape index (κ1) is 13.4. The molecule has 1 heterocycles. The summed E-state index contributed by atoms with van der Waals surface area (Å²) in [6, 6.07) is 6.34. The van der Waals surface area contributed by atoms with Crippen molar-refractivity contribution in [2.45, 2.75) is 57.1 Å². The highest BCUT2D eigenvalue weighted by molar-refractivity contribution is 9.10. The van der Waals surface area contributed by atoms with E-state index < -0.39 is 0 Å². The molecule has 2 nitrogen and oxygen atoms in total. The Kier molecular flexibility index (Phi) is 4.13. The zero-order valence-electron chi connectivity index (χ0n) is 11.3. The van der Waals surface area contributed by atoms with Crippen LogP contribution < -0.4 is 10.5 Å². The van der Waals surface area contributed by atoms with Crippen molar-refractivity contribution in [1.29, 1.82) is 0 Å². The molecule has 1 aromatic carbocycles. The molecular weight excluding hydrogens is 302 g/mol. The summed E-state index contributed by atoms with van der Waals surface area (Å²) >= 11 is 3.52. The molecule has 1 unspecified atom stereocenters. The van der Waals surface area contributed by atoms with E-state index in [0.717, 1.165) is 22.2 Å². The lowest BCUT2D eigenvalue weighted by atomic mass is 9.86. The fraction of sp³-hybridized carbons (Fsp3) is 0.625. The summed E-state index contributed by atoms with van der Waals surface area (Å²) in [4.78, 5) is 0. The first-order valence-corrected chi connectivity index (χ1v) is 8.25. The number of fused-ring (bicyclic) bond motifs is 1. The predicted molar refractivity (Wildman–Crippen MR) is 81.3 cm³/mol. The predicted octanol–water partition coefficient (Wildman–Crippen LogP) is 4.57. The number of halogens is 1. The molecule has 0 amide bonds. The van der Waals surface area contributed by atoms with Gasteiger partial charge in [-0.2, -0.15) is 0 Å². The van der Waals surface area contributed by atoms with Gasteiger partial charge in [-0.15, -0.1) is 0 Å². The van der Waals surface area contributed by atoms with E-state index in [-0.39, 0.29) is 6.04 Å². The van der Waals surface area contributed by atoms with Crippen LogP contribution in [0.3, 0.4) is 0 Å². The fourth-order valence-electron chi connectivity index (χ4n) is 3.48. The van der Waals surface area contributed by atoms with Gasteiger partial charge in [0.05, 0.1) is 0 Å². The Morgan fingerprint density at radius 3 is 2.58 bits per heavy atom. The van der Waals surface area contributed by atoms with Gasteiger partial charge in [0.2, 0.25) is 0 Å². The summed E-state index contributed by atoms with van der Waals surface area (Å²) < 4.78 is 7.34. The minimum absolute atomic E-state index is 0.130. The zero-order chi connectivity index (χ0) is 13.2. The van der Waals surface area contributed by atoms with Gasteiger partial charge in [-0.05, 0) is 30.9 Å². The number of hydrogen-bond donors (Lipinski definition) is 1. The number of rotatable bonds is 1. The molecule has 3 heteroatoms. The van der Waals surface area contributed by atoms with Crippen molar-refractivity contribution >= 4 is 15.9 Å². The summed E-state index contributed by atoms with van der Waals surface area (Å²) in [6.45, 7) is 0. The highest BCUT2D eigenvalue weighted by Gasteiger charge is 2.32. The van der Waals surface area contributed by atoms with Crippen molar-refractivity contribution in [1.82, 2.24) is 0 Å². The Hall–Kier alpha value is -0.540. The van der Waals surface area contributed by atoms with E-state index in [1.165, 1.54) is 38.5 Å². The number of benzene rings is 1. The van der Waals surface area contributed by atoms with Crippen LogP contribution in [0.1, 0.15) is 56.6 Å². The van der Waals surface area contributed by atoms with Crippen LogP contribution in [-0.2, 0) is 0 Å². The summed E-state index contributed by atoms with van der Waals surface area (Å²) in [5.74, 6) is 1.68. The van der Waals surface area contributed by atoms with E-state index in [4.69, 9.17) is 10.5 Å². The Morgan fingerprint density at radius 1 is 1.11 bits per heavy atom. The molecule has 19 heavy (non-hydrogen) atoms. The van der Waals surface area contributed by atoms with Crippen molar-refractivity contribution in [2.24, 2.45) is 11.7 Å². The van der Waals surface area contributed by atoms with E-state index >= 15 is 0 Å². The largest absolute Gasteiger partial charge is 0.490 e. The van der Waals surface area contributed by atoms with Crippen LogP contribution in [0.2, 0.25) is 0 Å². The van der Waals surface area contributed by atoms with Crippen LogP contribution in [0.4, 0.5) is 0 Å². The highest BCUT2D eigenvalue weighted by Crippen LogP contribution is 2.40. The lowest BCUT2D eigenvalue weighted by Gasteiger charge is -2.35. The minimum atomic E-state index is 0.130. The van der Waals surface area contributed by atoms with E-state index in [9.17, 15) is 0 Å². The van der Waals surface area contributed by atoms with E-state index in [1.807, 2.05) is 6.07 Å². The molecule has 1 aliphatic heterocycles. The molecule has 1 fully saturated rings. The molecule has 1 aromatic rings. The first-order valence-electron chi connectivity index (χ1n) is 7.46. The van der Waals surface area contributed by atoms with Crippen LogP contribution in [0.25, 0.3) is 0 Å². The van der Waals surface area contributed by atoms with Gasteiger partial charge in [0, 0.05) is 22.5 Å². The van der Waals surface area contributed by atoms with Gasteiger partial charge >= 0.3 is 0 Å². The first-order chi connectivity index (χ1) is 9.24. The Balaban J connectivity index is 1.79. The number of hydrogen-bond acceptors (Lipinski definition) is 2. The Labute approximate surface area is 123 Å². The topological polar surface area (TPSA) is 35.2 Å². The highest BCUT2D eigenvalue weighted by atomic mass is 79.9. The van der Waals surface area contributed by atoms with Crippen LogP contribution in [0.15, 0.2) is 22.7 Å². The van der Waals surface area contributed by atoms with E-state index in [1.54, 1.807) is 0 Å². The van der Waals surface area contributed by atoms with Gasteiger partial charge in [-0.25, -0.2) is 0 Å². The molecule has 0 bridgehead atoms. The lowest BCUT2D eigenvalue weighted by molar-refractivity contribution is 0.0905. The minimum Gasteiger partial charge on any atom is -0.490 e. The molecule has 0 aromatic heterocycles. The summed E-state index contributed by atoms with van der Waals surface area (Å²) in [5.41, 5.74) is 7.50. The summed E-state index contributed by atoms with van der Waals surface area (Å²) in [6.07, 6.45) is 9.38. The van der Waals surface area contributed by atoms with Gasteiger partial charge in [-0.3, -0.25) is 0 Å². The van der Waals surface area contributed by atoms with Gasteiger partial charge < -0.3 is 10.5 Å². The van der Waals surface area contributed by atoms with E-state index in [2.05, 4.69) is 28.1 Å². The third kappa shape index (κ3) is 2.97. The quantitative estimate of drug-likeness (QED) is 0.768. The third-order valence-electron chi connectivity index (χ3n) is 4.57. The van der Waals surface area contributed by atoms with Gasteiger partial charge in [-0.1, -0.05) is 47.7 Å². The maximum atomic E-state index is 6.34. The maximum Gasteiger partial charge on any atom is 0.125 e. The number of ether oxygens (including phenoxy) is 1. The molecule has 0 radical (unpaired) electrons. The summed E-state index contributed by atoms with van der Waals surface area (Å²) in [5, 5.41) is 0. The molecule has 2 atom stereocenters. The van der Waals surface area contributed by atoms with Gasteiger partial charge in [0.1, 0.15) is 11.9 Å². The van der Waals surface area contributed by atoms with Crippen LogP contribution >= 0.6 is 15.9 Å². The molecular formula is C16H22BrNO. The molecule has 3 rings (SSSR count). The average molecular weight is 324 g/mol. The van der Waals surface area contributed by atoms with Crippen LogP contribution in [0, 0.1) is 5.92 Å². The second kappa shape index (κ2) is 5.84. The molecule has 0 saturated heterocycles. The molecule has 2 aliphatic rings. The fourth-order valence-corrected chi connectivity index (χ4v) is 3.82. The molecule has 2 N–H and O–H groups in total. The van der Waals surface area contributed by atoms with Crippen molar-refractivity contribution in [3.05, 3.63) is 28.2 Å². The van der Waals surface area contributed by atoms with Crippen molar-refractivity contribution in [3.8, 4) is 5.75 Å². The van der Waals surface area contributed by atoms with Crippen LogP contribution in [-0.4, -0.2) is 6.10 Å². The van der Waals surface area contributed by atoms with Gasteiger partial charge in [0.15, 0.2) is 0 Å².